The summed E-state index contributed by atoms with van der Waals surface area (Å²) in [7, 11) is 0. The third-order valence-electron chi connectivity index (χ3n) is 8.37. The Hall–Kier alpha value is -1.01. The minimum atomic E-state index is -1.69. The summed E-state index contributed by atoms with van der Waals surface area (Å²) in [6, 6.07) is 0. The van der Waals surface area contributed by atoms with Crippen LogP contribution in [0.15, 0.2) is 0 Å². The van der Waals surface area contributed by atoms with Gasteiger partial charge in [-0.05, 0) is 12.8 Å². The smallest absolute Gasteiger partial charge is 0.306 e. The standard InChI is InChI=1S/C32H60O14/c1-3-5-7-8-9-10-11-12-14-16-41-18-21(44-24(34)15-13-6-4-2)19-42-31-30(40)28(38)26(36)23(46-31)20-43-32-29(39)27(37)25(35)22(17-33)45-32/h21-23,25-33,35-40H,3-20H2,1-2H3. The average Bonchev–Trinajstić information content (AvgIpc) is 3.04. The summed E-state index contributed by atoms with van der Waals surface area (Å²) in [5, 5.41) is 71.0. The van der Waals surface area contributed by atoms with Gasteiger partial charge in [0.25, 0.3) is 0 Å². The molecule has 2 aliphatic rings. The van der Waals surface area contributed by atoms with Crippen LogP contribution in [-0.4, -0.2) is 142 Å². The summed E-state index contributed by atoms with van der Waals surface area (Å²) >= 11 is 0. The topological polar surface area (TPSA) is 214 Å². The maximum atomic E-state index is 12.5. The first-order valence-electron chi connectivity index (χ1n) is 17.1. The van der Waals surface area contributed by atoms with Crippen molar-refractivity contribution in [1.29, 1.82) is 0 Å². The molecule has 14 heteroatoms. The van der Waals surface area contributed by atoms with Crippen molar-refractivity contribution in [3.63, 3.8) is 0 Å². The zero-order chi connectivity index (χ0) is 33.9. The maximum absolute atomic E-state index is 12.5. The maximum Gasteiger partial charge on any atom is 0.306 e. The summed E-state index contributed by atoms with van der Waals surface area (Å²) in [6.45, 7) is 3.44. The Labute approximate surface area is 272 Å². The third-order valence-corrected chi connectivity index (χ3v) is 8.37. The molecule has 0 aromatic carbocycles. The molecule has 272 valence electrons. The largest absolute Gasteiger partial charge is 0.457 e. The molecule has 2 saturated heterocycles. The number of rotatable bonds is 24. The van der Waals surface area contributed by atoms with Crippen LogP contribution in [0.25, 0.3) is 0 Å². The van der Waals surface area contributed by atoms with Gasteiger partial charge in [0.1, 0.15) is 54.9 Å². The molecule has 46 heavy (non-hydrogen) atoms. The molecular weight excluding hydrogens is 608 g/mol. The Morgan fingerprint density at radius 1 is 0.630 bits per heavy atom. The number of esters is 1. The molecular formula is C32H60O14. The lowest BCUT2D eigenvalue weighted by Crippen LogP contribution is -2.61. The molecule has 14 nitrogen and oxygen atoms in total. The molecule has 7 N–H and O–H groups in total. The number of hydrogen-bond donors (Lipinski definition) is 7. The fraction of sp³-hybridized carbons (Fsp3) is 0.969. The van der Waals surface area contributed by atoms with Crippen molar-refractivity contribution in [2.75, 3.05) is 33.0 Å². The summed E-state index contributed by atoms with van der Waals surface area (Å²) in [5.74, 6) is -0.403. The van der Waals surface area contributed by atoms with Crippen LogP contribution in [0, 0.1) is 0 Å². The van der Waals surface area contributed by atoms with E-state index in [-0.39, 0.29) is 19.6 Å². The molecule has 11 atom stereocenters. The molecule has 0 spiro atoms. The Morgan fingerprint density at radius 3 is 1.76 bits per heavy atom. The van der Waals surface area contributed by atoms with E-state index in [1.807, 2.05) is 6.92 Å². The Bertz CT molecular complexity index is 788. The third kappa shape index (κ3) is 14.2. The number of unbranched alkanes of at least 4 members (excludes halogenated alkanes) is 10. The molecule has 2 rings (SSSR count). The lowest BCUT2D eigenvalue weighted by molar-refractivity contribution is -0.332. The van der Waals surface area contributed by atoms with Crippen LogP contribution in [0.1, 0.15) is 97.3 Å². The van der Waals surface area contributed by atoms with Gasteiger partial charge in [-0.3, -0.25) is 4.79 Å². The molecule has 2 aliphatic heterocycles. The van der Waals surface area contributed by atoms with Crippen LogP contribution in [0.5, 0.6) is 0 Å². The molecule has 0 radical (unpaired) electrons. The first-order chi connectivity index (χ1) is 22.1. The number of carbonyl (C=O) groups is 1. The second kappa shape index (κ2) is 23.4. The van der Waals surface area contributed by atoms with E-state index in [0.29, 0.717) is 13.0 Å². The predicted molar refractivity (Wildman–Crippen MR) is 164 cm³/mol. The monoisotopic (exact) mass is 668 g/mol. The normalized spacial score (nSPS) is 32.4. The fourth-order valence-corrected chi connectivity index (χ4v) is 5.40. The van der Waals surface area contributed by atoms with Crippen LogP contribution in [-0.2, 0) is 33.2 Å². The molecule has 2 fully saturated rings. The molecule has 0 aromatic rings. The SMILES string of the molecule is CCCCCCCCCCCOCC(COC1OC(COC2OC(CO)C(O)C(O)C2O)C(O)C(O)C1O)OC(=O)CCCCC. The number of hydrogen-bond acceptors (Lipinski definition) is 14. The van der Waals surface area contributed by atoms with Crippen molar-refractivity contribution in [2.24, 2.45) is 0 Å². The molecule has 0 aliphatic carbocycles. The Balaban J connectivity index is 1.87. The number of aliphatic hydroxyl groups excluding tert-OH is 7. The van der Waals surface area contributed by atoms with Crippen molar-refractivity contribution in [2.45, 2.75) is 165 Å². The molecule has 2 heterocycles. The van der Waals surface area contributed by atoms with Crippen molar-refractivity contribution >= 4 is 5.97 Å². The van der Waals surface area contributed by atoms with Gasteiger partial charge in [-0.1, -0.05) is 78.1 Å². The molecule has 11 unspecified atom stereocenters. The van der Waals surface area contributed by atoms with Crippen LogP contribution in [0.2, 0.25) is 0 Å². The summed E-state index contributed by atoms with van der Waals surface area (Å²) in [5.41, 5.74) is 0. The van der Waals surface area contributed by atoms with E-state index in [2.05, 4.69) is 6.92 Å². The van der Waals surface area contributed by atoms with Gasteiger partial charge in [0.2, 0.25) is 0 Å². The van der Waals surface area contributed by atoms with E-state index in [1.54, 1.807) is 0 Å². The van der Waals surface area contributed by atoms with Gasteiger partial charge in [0.05, 0.1) is 26.4 Å². The quantitative estimate of drug-likeness (QED) is 0.0556. The van der Waals surface area contributed by atoms with Gasteiger partial charge in [-0.25, -0.2) is 0 Å². The minimum Gasteiger partial charge on any atom is -0.457 e. The Morgan fingerprint density at radius 2 is 1.15 bits per heavy atom. The average molecular weight is 669 g/mol. The van der Waals surface area contributed by atoms with Crippen LogP contribution in [0.4, 0.5) is 0 Å². The number of carbonyl (C=O) groups excluding carboxylic acids is 1. The first-order valence-corrected chi connectivity index (χ1v) is 17.1. The van der Waals surface area contributed by atoms with Gasteiger partial charge in [-0.15, -0.1) is 0 Å². The highest BCUT2D eigenvalue weighted by atomic mass is 16.7. The van der Waals surface area contributed by atoms with Gasteiger partial charge in [0, 0.05) is 13.0 Å². The van der Waals surface area contributed by atoms with Crippen LogP contribution < -0.4 is 0 Å². The first kappa shape index (κ1) is 41.2. The second-order valence-electron chi connectivity index (χ2n) is 12.4. The van der Waals surface area contributed by atoms with E-state index in [9.17, 15) is 40.5 Å². The van der Waals surface area contributed by atoms with E-state index < -0.39 is 86.7 Å². The van der Waals surface area contributed by atoms with Gasteiger partial charge in [-0.2, -0.15) is 0 Å². The lowest BCUT2D eigenvalue weighted by Gasteiger charge is -2.42. The number of ether oxygens (including phenoxy) is 6. The highest BCUT2D eigenvalue weighted by molar-refractivity contribution is 5.69. The minimum absolute atomic E-state index is 0.0637. The molecule has 0 bridgehead atoms. The van der Waals surface area contributed by atoms with E-state index in [0.717, 1.165) is 32.1 Å². The van der Waals surface area contributed by atoms with Gasteiger partial charge >= 0.3 is 5.97 Å². The van der Waals surface area contributed by atoms with E-state index in [1.165, 1.54) is 38.5 Å². The van der Waals surface area contributed by atoms with Crippen LogP contribution in [0.3, 0.4) is 0 Å². The summed E-state index contributed by atoms with van der Waals surface area (Å²) in [6.07, 6.45) is -2.73. The molecule has 0 amide bonds. The zero-order valence-electron chi connectivity index (χ0n) is 27.6. The van der Waals surface area contributed by atoms with Gasteiger partial charge in [0.15, 0.2) is 12.6 Å². The Kier molecular flexibility index (Phi) is 20.9. The molecule has 0 saturated carbocycles. The zero-order valence-corrected chi connectivity index (χ0v) is 27.6. The number of aliphatic hydroxyl groups is 7. The predicted octanol–water partition coefficient (Wildman–Crippen LogP) is 0.667. The van der Waals surface area contributed by atoms with Crippen molar-refractivity contribution < 1.29 is 69.0 Å². The molecule has 0 aromatic heterocycles. The van der Waals surface area contributed by atoms with E-state index in [4.69, 9.17) is 28.4 Å². The highest BCUT2D eigenvalue weighted by Crippen LogP contribution is 2.26. The van der Waals surface area contributed by atoms with Crippen molar-refractivity contribution in [3.8, 4) is 0 Å². The second-order valence-corrected chi connectivity index (χ2v) is 12.4. The van der Waals surface area contributed by atoms with Crippen LogP contribution >= 0.6 is 0 Å². The summed E-state index contributed by atoms with van der Waals surface area (Å²) in [4.78, 5) is 12.5. The van der Waals surface area contributed by atoms with Gasteiger partial charge < -0.3 is 64.2 Å². The van der Waals surface area contributed by atoms with Crippen molar-refractivity contribution in [3.05, 3.63) is 0 Å². The lowest BCUT2D eigenvalue weighted by atomic mass is 9.98. The highest BCUT2D eigenvalue weighted by Gasteiger charge is 2.47. The summed E-state index contributed by atoms with van der Waals surface area (Å²) < 4.78 is 33.5. The fourth-order valence-electron chi connectivity index (χ4n) is 5.40. The van der Waals surface area contributed by atoms with Crippen molar-refractivity contribution in [1.82, 2.24) is 0 Å². The van der Waals surface area contributed by atoms with E-state index >= 15 is 0 Å².